The van der Waals surface area contributed by atoms with Crippen LogP contribution in [0.1, 0.15) is 57.7 Å². The summed E-state index contributed by atoms with van der Waals surface area (Å²) in [6.07, 6.45) is 0.232. The van der Waals surface area contributed by atoms with E-state index >= 15 is 0 Å². The average molecular weight is 654 g/mol. The zero-order valence-electron chi connectivity index (χ0n) is 23.8. The predicted octanol–water partition coefficient (Wildman–Crippen LogP) is 3.89. The number of aliphatic hydroxyl groups excluding tert-OH is 1. The van der Waals surface area contributed by atoms with E-state index in [0.29, 0.717) is 12.4 Å². The lowest BCUT2D eigenvalue weighted by atomic mass is 9.85. The van der Waals surface area contributed by atoms with Crippen LogP contribution < -0.4 is 15.4 Å². The van der Waals surface area contributed by atoms with Crippen LogP contribution in [0.2, 0.25) is 0 Å². The Morgan fingerprint density at radius 3 is 2.66 bits per heavy atom. The first-order valence-corrected chi connectivity index (χ1v) is 15.8. The lowest BCUT2D eigenvalue weighted by Gasteiger charge is -2.35. The molecule has 3 N–H and O–H groups in total. The van der Waals surface area contributed by atoms with Crippen LogP contribution in [0.4, 0.5) is 4.39 Å². The van der Waals surface area contributed by atoms with Gasteiger partial charge in [-0.1, -0.05) is 48.8 Å². The van der Waals surface area contributed by atoms with Crippen molar-refractivity contribution < 1.29 is 28.6 Å². The van der Waals surface area contributed by atoms with Crippen LogP contribution in [0.5, 0.6) is 5.75 Å². The van der Waals surface area contributed by atoms with Crippen molar-refractivity contribution >= 4 is 45.0 Å². The van der Waals surface area contributed by atoms with Gasteiger partial charge in [0.2, 0.25) is 11.8 Å². The molecule has 0 spiro atoms. The summed E-state index contributed by atoms with van der Waals surface area (Å²) < 4.78 is 20.5. The molecule has 3 amide bonds. The van der Waals surface area contributed by atoms with Crippen LogP contribution in [0.15, 0.2) is 23.7 Å². The van der Waals surface area contributed by atoms with Crippen LogP contribution in [0.25, 0.3) is 10.4 Å². The van der Waals surface area contributed by atoms with Crippen molar-refractivity contribution in [2.24, 2.45) is 5.41 Å². The topological polar surface area (TPSA) is 121 Å². The number of carbonyl (C=O) groups excluding carboxylic acids is 3. The molecule has 1 saturated carbocycles. The summed E-state index contributed by atoms with van der Waals surface area (Å²) in [5.74, 6) is -1.11. The molecule has 4 rings (SSSR count). The highest BCUT2D eigenvalue weighted by atomic mass is 79.9. The van der Waals surface area contributed by atoms with E-state index in [-0.39, 0.29) is 32.4 Å². The highest BCUT2D eigenvalue weighted by Gasteiger charge is 2.53. The maximum atomic E-state index is 14.4. The highest BCUT2D eigenvalue weighted by molar-refractivity contribution is 9.09. The normalized spacial score (nSPS) is 20.4. The number of ether oxygens (including phenoxy) is 1. The molecular weight excluding hydrogens is 615 g/mol. The molecule has 0 bridgehead atoms. The van der Waals surface area contributed by atoms with Gasteiger partial charge >= 0.3 is 0 Å². The number of alkyl halides is 2. The molecular formula is C29H38BrFN4O5S. The number of nitrogens with one attached hydrogen (secondary N) is 2. The summed E-state index contributed by atoms with van der Waals surface area (Å²) in [5, 5.41) is 16.7. The largest absolute Gasteiger partial charge is 0.493 e. The summed E-state index contributed by atoms with van der Waals surface area (Å²) in [4.78, 5) is 46.2. The minimum absolute atomic E-state index is 0.0516. The van der Waals surface area contributed by atoms with Gasteiger partial charge in [-0.3, -0.25) is 14.4 Å². The van der Waals surface area contributed by atoms with Crippen molar-refractivity contribution in [1.82, 2.24) is 20.5 Å². The Morgan fingerprint density at radius 2 is 2.05 bits per heavy atom. The number of aryl methyl sites for hydroxylation is 1. The van der Waals surface area contributed by atoms with Crippen molar-refractivity contribution in [2.75, 3.05) is 18.5 Å². The van der Waals surface area contributed by atoms with E-state index < -0.39 is 47.0 Å². The van der Waals surface area contributed by atoms with Crippen molar-refractivity contribution in [3.05, 3.63) is 35.0 Å². The maximum Gasteiger partial charge on any atom is 0.258 e. The van der Waals surface area contributed by atoms with Gasteiger partial charge in [0.15, 0.2) is 5.67 Å². The minimum atomic E-state index is -1.94. The molecule has 1 aromatic carbocycles. The number of β-amino-alcohol motifs (C(OH)–C–C–N with tert-alkyl or cyclic N) is 1. The van der Waals surface area contributed by atoms with E-state index in [9.17, 15) is 23.9 Å². The Kier molecular flexibility index (Phi) is 9.75. The lowest BCUT2D eigenvalue weighted by molar-refractivity contribution is -0.145. The Hall–Kier alpha value is -2.57. The first-order chi connectivity index (χ1) is 19.3. The monoisotopic (exact) mass is 652 g/mol. The lowest BCUT2D eigenvalue weighted by Crippen LogP contribution is -2.59. The molecule has 9 nitrogen and oxygen atoms in total. The molecule has 2 aliphatic rings. The van der Waals surface area contributed by atoms with Crippen LogP contribution >= 0.6 is 27.3 Å². The molecule has 1 aliphatic heterocycles. The number of aliphatic hydroxyl groups is 1. The second-order valence-electron chi connectivity index (χ2n) is 11.8. The maximum absolute atomic E-state index is 14.4. The highest BCUT2D eigenvalue weighted by Crippen LogP contribution is 2.40. The molecule has 41 heavy (non-hydrogen) atoms. The van der Waals surface area contributed by atoms with Crippen LogP contribution in [0, 0.1) is 12.3 Å². The predicted molar refractivity (Wildman–Crippen MR) is 159 cm³/mol. The number of likely N-dealkylation sites (tertiary alicyclic amines) is 1. The molecule has 2 heterocycles. The number of hydrogen-bond donors (Lipinski definition) is 3. The minimum Gasteiger partial charge on any atom is -0.493 e. The van der Waals surface area contributed by atoms with Gasteiger partial charge in [0, 0.05) is 30.4 Å². The molecule has 224 valence electrons. The van der Waals surface area contributed by atoms with Crippen LogP contribution in [-0.2, 0) is 20.9 Å². The van der Waals surface area contributed by atoms with E-state index in [4.69, 9.17) is 4.74 Å². The molecule has 12 heteroatoms. The third-order valence-electron chi connectivity index (χ3n) is 7.41. The van der Waals surface area contributed by atoms with Gasteiger partial charge in [0.05, 0.1) is 28.8 Å². The number of rotatable bonds is 11. The number of benzene rings is 1. The SMILES string of the molecule is Cc1ncsc1-c1ccc(CNC(=O)[C@@H]2C[C@@H](O)CN2C(=O)[C@@H](NC(=O)C2(F)CC2)C(C)(C)C)c(OCCCBr)c1. The van der Waals surface area contributed by atoms with Crippen molar-refractivity contribution in [2.45, 2.75) is 83.8 Å². The number of aromatic nitrogens is 1. The van der Waals surface area contributed by atoms with Crippen LogP contribution in [-0.4, -0.2) is 75.1 Å². The number of nitrogens with zero attached hydrogens (tertiary/aromatic N) is 2. The van der Waals surface area contributed by atoms with E-state index in [1.54, 1.807) is 37.6 Å². The fourth-order valence-electron chi connectivity index (χ4n) is 4.81. The van der Waals surface area contributed by atoms with Gasteiger partial charge in [-0.15, -0.1) is 11.3 Å². The average Bonchev–Trinajstić information content (AvgIpc) is 3.33. The third-order valence-corrected chi connectivity index (χ3v) is 8.95. The smallest absolute Gasteiger partial charge is 0.258 e. The number of halogens is 2. The quantitative estimate of drug-likeness (QED) is 0.250. The molecule has 1 saturated heterocycles. The Balaban J connectivity index is 1.49. The number of thiazole rings is 1. The van der Waals surface area contributed by atoms with Gasteiger partial charge in [-0.25, -0.2) is 9.37 Å². The Labute approximate surface area is 252 Å². The summed E-state index contributed by atoms with van der Waals surface area (Å²) >= 11 is 4.96. The second kappa shape index (κ2) is 12.7. The van der Waals surface area contributed by atoms with Crippen molar-refractivity contribution in [1.29, 1.82) is 0 Å². The molecule has 0 radical (unpaired) electrons. The van der Waals surface area contributed by atoms with E-state index in [2.05, 4.69) is 31.5 Å². The van der Waals surface area contributed by atoms with E-state index in [0.717, 1.165) is 33.4 Å². The third kappa shape index (κ3) is 7.45. The van der Waals surface area contributed by atoms with E-state index in [1.807, 2.05) is 25.1 Å². The first-order valence-electron chi connectivity index (χ1n) is 13.8. The molecule has 0 unspecified atom stereocenters. The summed E-state index contributed by atoms with van der Waals surface area (Å²) in [6, 6.07) is 3.82. The Morgan fingerprint density at radius 1 is 1.32 bits per heavy atom. The summed E-state index contributed by atoms with van der Waals surface area (Å²) in [6.45, 7) is 7.85. The Bertz CT molecular complexity index is 1280. The molecule has 1 aliphatic carbocycles. The zero-order chi connectivity index (χ0) is 29.9. The standard InChI is InChI=1S/C29H38BrFN4O5S/c1-17-23(41-16-33-17)18-6-7-19(22(12-18)40-11-5-10-30)14-32-25(37)21-13-20(36)15-35(21)26(38)24(28(2,3)4)34-27(39)29(31)8-9-29/h6-7,12,16,20-21,24,36H,5,8-11,13-15H2,1-4H3,(H,32,37)(H,34,39)/t20-,21+,24-/m1/s1. The van der Waals surface area contributed by atoms with E-state index in [1.165, 1.54) is 4.90 Å². The fraction of sp³-hybridized carbons (Fsp3) is 0.586. The number of hydrogen-bond acceptors (Lipinski definition) is 7. The summed E-state index contributed by atoms with van der Waals surface area (Å²) in [5.41, 5.74) is 1.79. The zero-order valence-corrected chi connectivity index (χ0v) is 26.2. The number of carbonyl (C=O) groups is 3. The molecule has 2 fully saturated rings. The first kappa shape index (κ1) is 31.4. The summed E-state index contributed by atoms with van der Waals surface area (Å²) in [7, 11) is 0. The van der Waals surface area contributed by atoms with Gasteiger partial charge < -0.3 is 25.4 Å². The van der Waals surface area contributed by atoms with Gasteiger partial charge in [-0.05, 0) is 43.2 Å². The van der Waals surface area contributed by atoms with Gasteiger partial charge in [0.1, 0.15) is 17.8 Å². The molecule has 1 aromatic heterocycles. The van der Waals surface area contributed by atoms with Crippen LogP contribution in [0.3, 0.4) is 0 Å². The van der Waals surface area contributed by atoms with Crippen molar-refractivity contribution in [3.63, 3.8) is 0 Å². The molecule has 2 aromatic rings. The fourth-order valence-corrected chi connectivity index (χ4v) is 5.84. The van der Waals surface area contributed by atoms with Crippen molar-refractivity contribution in [3.8, 4) is 16.2 Å². The number of amides is 3. The van der Waals surface area contributed by atoms with Gasteiger partial charge in [0.25, 0.3) is 5.91 Å². The van der Waals surface area contributed by atoms with Gasteiger partial charge in [-0.2, -0.15) is 0 Å². The molecule has 3 atom stereocenters. The second-order valence-corrected chi connectivity index (χ2v) is 13.5.